The second-order valence-corrected chi connectivity index (χ2v) is 3.84. The van der Waals surface area contributed by atoms with E-state index in [1.54, 1.807) is 12.3 Å². The summed E-state index contributed by atoms with van der Waals surface area (Å²) in [6.45, 7) is 4.86. The molecule has 0 aliphatic carbocycles. The molecule has 0 aliphatic heterocycles. The summed E-state index contributed by atoms with van der Waals surface area (Å²) >= 11 is 0. The summed E-state index contributed by atoms with van der Waals surface area (Å²) in [5.74, 6) is 0.406. The number of rotatable bonds is 6. The van der Waals surface area contributed by atoms with Gasteiger partial charge >= 0.3 is 6.01 Å². The Morgan fingerprint density at radius 3 is 3.00 bits per heavy atom. The van der Waals surface area contributed by atoms with Gasteiger partial charge in [0.2, 0.25) is 0 Å². The van der Waals surface area contributed by atoms with Crippen LogP contribution in [0.1, 0.15) is 32.4 Å². The van der Waals surface area contributed by atoms with Gasteiger partial charge in [0.05, 0.1) is 6.61 Å². The average Bonchev–Trinajstić information content (AvgIpc) is 2.27. The molecule has 0 radical (unpaired) electrons. The maximum atomic E-state index is 7.25. The van der Waals surface area contributed by atoms with Crippen molar-refractivity contribution >= 4 is 5.84 Å². The van der Waals surface area contributed by atoms with Crippen LogP contribution < -0.4 is 10.5 Å². The Labute approximate surface area is 95.6 Å². The molecule has 0 fully saturated rings. The van der Waals surface area contributed by atoms with Gasteiger partial charge in [0.15, 0.2) is 0 Å². The van der Waals surface area contributed by atoms with Crippen molar-refractivity contribution in [2.24, 2.45) is 11.7 Å². The molecule has 1 aromatic rings. The third-order valence-corrected chi connectivity index (χ3v) is 2.19. The fraction of sp³-hybridized carbons (Fsp3) is 0.545. The van der Waals surface area contributed by atoms with Gasteiger partial charge in [-0.05, 0) is 18.4 Å². The van der Waals surface area contributed by atoms with E-state index >= 15 is 0 Å². The molecule has 5 nitrogen and oxygen atoms in total. The van der Waals surface area contributed by atoms with E-state index in [4.69, 9.17) is 15.9 Å². The molecule has 16 heavy (non-hydrogen) atoms. The first-order chi connectivity index (χ1) is 7.63. The highest BCUT2D eigenvalue weighted by Gasteiger charge is 2.05. The SMILES string of the molecule is CCCC(C)COc1nccc(C(=N)N)n1. The van der Waals surface area contributed by atoms with Crippen molar-refractivity contribution in [3.05, 3.63) is 18.0 Å². The lowest BCUT2D eigenvalue weighted by molar-refractivity contribution is 0.233. The van der Waals surface area contributed by atoms with Crippen LogP contribution in [0, 0.1) is 11.3 Å². The maximum Gasteiger partial charge on any atom is 0.317 e. The molecule has 5 heteroatoms. The van der Waals surface area contributed by atoms with E-state index in [1.165, 1.54) is 0 Å². The Morgan fingerprint density at radius 1 is 1.62 bits per heavy atom. The zero-order valence-electron chi connectivity index (χ0n) is 9.73. The lowest BCUT2D eigenvalue weighted by atomic mass is 10.1. The fourth-order valence-corrected chi connectivity index (χ4v) is 1.35. The summed E-state index contributed by atoms with van der Waals surface area (Å²) in [6, 6.07) is 1.88. The van der Waals surface area contributed by atoms with Crippen LogP contribution in [0.5, 0.6) is 6.01 Å². The zero-order valence-corrected chi connectivity index (χ0v) is 9.73. The van der Waals surface area contributed by atoms with E-state index in [9.17, 15) is 0 Å². The molecule has 1 unspecified atom stereocenters. The van der Waals surface area contributed by atoms with E-state index in [2.05, 4.69) is 23.8 Å². The number of aromatic nitrogens is 2. The quantitative estimate of drug-likeness (QED) is 0.565. The second-order valence-electron chi connectivity index (χ2n) is 3.84. The van der Waals surface area contributed by atoms with Gasteiger partial charge in [-0.15, -0.1) is 0 Å². The molecule has 0 amide bonds. The van der Waals surface area contributed by atoms with Crippen LogP contribution in [0.2, 0.25) is 0 Å². The van der Waals surface area contributed by atoms with Crippen LogP contribution in [0.15, 0.2) is 12.3 Å². The highest BCUT2D eigenvalue weighted by atomic mass is 16.5. The predicted molar refractivity (Wildman–Crippen MR) is 62.6 cm³/mol. The smallest absolute Gasteiger partial charge is 0.317 e. The molecule has 0 aromatic carbocycles. The van der Waals surface area contributed by atoms with E-state index in [0.29, 0.717) is 18.2 Å². The number of nitrogen functional groups attached to an aromatic ring is 1. The monoisotopic (exact) mass is 222 g/mol. The van der Waals surface area contributed by atoms with Gasteiger partial charge in [0.1, 0.15) is 11.5 Å². The normalized spacial score (nSPS) is 12.1. The minimum absolute atomic E-state index is 0.0751. The first-order valence-electron chi connectivity index (χ1n) is 5.43. The van der Waals surface area contributed by atoms with Crippen LogP contribution in [0.25, 0.3) is 0 Å². The van der Waals surface area contributed by atoms with E-state index in [0.717, 1.165) is 12.8 Å². The van der Waals surface area contributed by atoms with E-state index in [-0.39, 0.29) is 11.8 Å². The van der Waals surface area contributed by atoms with Crippen LogP contribution in [0.3, 0.4) is 0 Å². The van der Waals surface area contributed by atoms with Crippen molar-refractivity contribution in [2.45, 2.75) is 26.7 Å². The van der Waals surface area contributed by atoms with Gasteiger partial charge in [-0.25, -0.2) is 4.98 Å². The van der Waals surface area contributed by atoms with Crippen molar-refractivity contribution in [2.75, 3.05) is 6.61 Å². The molecule has 0 saturated carbocycles. The van der Waals surface area contributed by atoms with Gasteiger partial charge in [0.25, 0.3) is 0 Å². The maximum absolute atomic E-state index is 7.25. The first kappa shape index (κ1) is 12.4. The molecule has 1 rings (SSSR count). The van der Waals surface area contributed by atoms with Gasteiger partial charge in [0, 0.05) is 6.20 Å². The van der Waals surface area contributed by atoms with Gasteiger partial charge in [-0.1, -0.05) is 20.3 Å². The molecule has 1 atom stereocenters. The lowest BCUT2D eigenvalue weighted by Gasteiger charge is -2.10. The summed E-state index contributed by atoms with van der Waals surface area (Å²) in [6.07, 6.45) is 3.80. The Balaban J connectivity index is 2.54. The first-order valence-corrected chi connectivity index (χ1v) is 5.43. The lowest BCUT2D eigenvalue weighted by Crippen LogP contribution is -2.15. The molecule has 0 saturated heterocycles. The van der Waals surface area contributed by atoms with Crippen LogP contribution in [0.4, 0.5) is 0 Å². The van der Waals surface area contributed by atoms with Crippen LogP contribution in [-0.4, -0.2) is 22.4 Å². The number of hydrogen-bond acceptors (Lipinski definition) is 4. The number of nitrogens with two attached hydrogens (primary N) is 1. The van der Waals surface area contributed by atoms with Gasteiger partial charge < -0.3 is 10.5 Å². The van der Waals surface area contributed by atoms with Crippen LogP contribution in [-0.2, 0) is 0 Å². The Bertz CT molecular complexity index is 354. The number of nitrogens with one attached hydrogen (secondary N) is 1. The standard InChI is InChI=1S/C11H18N4O/c1-3-4-8(2)7-16-11-14-6-5-9(15-11)10(12)13/h5-6,8H,3-4,7H2,1-2H3,(H3,12,13). The highest BCUT2D eigenvalue weighted by molar-refractivity contribution is 5.92. The van der Waals surface area contributed by atoms with Crippen molar-refractivity contribution in [3.8, 4) is 6.01 Å². The number of nitrogens with zero attached hydrogens (tertiary/aromatic N) is 2. The van der Waals surface area contributed by atoms with Crippen molar-refractivity contribution in [1.29, 1.82) is 5.41 Å². The second kappa shape index (κ2) is 6.05. The van der Waals surface area contributed by atoms with E-state index < -0.39 is 0 Å². The van der Waals surface area contributed by atoms with Crippen molar-refractivity contribution < 1.29 is 4.74 Å². The summed E-state index contributed by atoms with van der Waals surface area (Å²) in [4.78, 5) is 7.99. The summed E-state index contributed by atoms with van der Waals surface area (Å²) in [5, 5.41) is 7.25. The average molecular weight is 222 g/mol. The Kier molecular flexibility index (Phi) is 4.69. The van der Waals surface area contributed by atoms with E-state index in [1.807, 2.05) is 0 Å². The largest absolute Gasteiger partial charge is 0.463 e. The fourth-order valence-electron chi connectivity index (χ4n) is 1.35. The predicted octanol–water partition coefficient (Wildman–Crippen LogP) is 1.58. The highest BCUT2D eigenvalue weighted by Crippen LogP contribution is 2.08. The Morgan fingerprint density at radius 2 is 2.38 bits per heavy atom. The molecule has 0 bridgehead atoms. The van der Waals surface area contributed by atoms with Crippen LogP contribution >= 0.6 is 0 Å². The minimum atomic E-state index is -0.0751. The number of amidine groups is 1. The van der Waals surface area contributed by atoms with Gasteiger partial charge in [-0.2, -0.15) is 4.98 Å². The molecule has 1 heterocycles. The van der Waals surface area contributed by atoms with Crippen molar-refractivity contribution in [1.82, 2.24) is 9.97 Å². The Hall–Kier alpha value is -1.65. The molecular weight excluding hydrogens is 204 g/mol. The topological polar surface area (TPSA) is 84.9 Å². The molecule has 0 spiro atoms. The summed E-state index contributed by atoms with van der Waals surface area (Å²) in [7, 11) is 0. The molecular formula is C11H18N4O. The molecule has 0 aliphatic rings. The summed E-state index contributed by atoms with van der Waals surface area (Å²) in [5.41, 5.74) is 5.72. The third kappa shape index (κ3) is 3.84. The molecule has 88 valence electrons. The number of hydrogen-bond donors (Lipinski definition) is 2. The molecule has 3 N–H and O–H groups in total. The number of ether oxygens (including phenoxy) is 1. The minimum Gasteiger partial charge on any atom is -0.463 e. The zero-order chi connectivity index (χ0) is 12.0. The third-order valence-electron chi connectivity index (χ3n) is 2.19. The van der Waals surface area contributed by atoms with Gasteiger partial charge in [-0.3, -0.25) is 5.41 Å². The van der Waals surface area contributed by atoms with Crippen molar-refractivity contribution in [3.63, 3.8) is 0 Å². The molecule has 1 aromatic heterocycles. The summed E-state index contributed by atoms with van der Waals surface area (Å²) < 4.78 is 5.44.